The Bertz CT molecular complexity index is 956. The third-order valence-corrected chi connectivity index (χ3v) is 4.68. The van der Waals surface area contributed by atoms with Crippen LogP contribution in [0.2, 0.25) is 0 Å². The molecule has 3 aromatic carbocycles. The summed E-state index contributed by atoms with van der Waals surface area (Å²) in [4.78, 5) is 6.93. The van der Waals surface area contributed by atoms with Gasteiger partial charge in [0.2, 0.25) is 0 Å². The molecule has 1 unspecified atom stereocenters. The van der Waals surface area contributed by atoms with Crippen LogP contribution in [-0.2, 0) is 6.42 Å². The fraction of sp³-hybridized carbons (Fsp3) is 0.190. The number of aliphatic imine (C=N–C) groups is 1. The maximum atomic E-state index is 14.5. The molecule has 0 saturated carbocycles. The molecule has 1 atom stereocenters. The number of halogens is 2. The minimum Gasteiger partial charge on any atom is -0.412 e. The number of hydrogen-bond donors (Lipinski definition) is 0. The first-order valence-corrected chi connectivity index (χ1v) is 8.14. The number of benzene rings is 3. The molecule has 1 aliphatic rings. The van der Waals surface area contributed by atoms with E-state index in [0.29, 0.717) is 5.56 Å². The number of rotatable bonds is 1. The first-order valence-electron chi connectivity index (χ1n) is 8.14. The molecule has 4 rings (SSSR count). The maximum absolute atomic E-state index is 14.5. The lowest BCUT2D eigenvalue weighted by molar-refractivity contribution is 0.575. The average molecular weight is 373 g/mol. The molecule has 0 spiro atoms. The largest absolute Gasteiger partial charge is 0.412 e. The molecule has 0 bridgehead atoms. The summed E-state index contributed by atoms with van der Waals surface area (Å²) < 4.78 is 14.5. The second-order valence-corrected chi connectivity index (χ2v) is 6.40. The van der Waals surface area contributed by atoms with Crippen LogP contribution in [0.5, 0.6) is 0 Å². The Labute approximate surface area is 158 Å². The highest BCUT2D eigenvalue weighted by Gasteiger charge is 2.27. The first kappa shape index (κ1) is 19.9. The molecular weight excluding hydrogens is 351 g/mol. The third kappa shape index (κ3) is 3.30. The molecule has 0 amide bonds. The molecular formula is C21H22ClFN2O. The van der Waals surface area contributed by atoms with Gasteiger partial charge in [-0.2, -0.15) is 0 Å². The topological polar surface area (TPSA) is 47.1 Å². The quantitative estimate of drug-likeness (QED) is 0.632. The molecule has 5 heteroatoms. The Balaban J connectivity index is 0.00000121. The van der Waals surface area contributed by atoms with Crippen LogP contribution in [0.4, 0.5) is 4.39 Å². The number of likely N-dealkylation sites (N-methyl/N-ethyl adjacent to an activating group) is 1. The average Bonchev–Trinajstić information content (AvgIpc) is 2.61. The third-order valence-electron chi connectivity index (χ3n) is 4.68. The first-order chi connectivity index (χ1) is 11.6. The van der Waals surface area contributed by atoms with E-state index >= 15 is 0 Å². The van der Waals surface area contributed by atoms with Crippen molar-refractivity contribution in [2.45, 2.75) is 12.5 Å². The molecule has 3 nitrogen and oxygen atoms in total. The van der Waals surface area contributed by atoms with Crippen molar-refractivity contribution in [2.24, 2.45) is 4.99 Å². The molecule has 1 heterocycles. The van der Waals surface area contributed by atoms with Crippen LogP contribution < -0.4 is 0 Å². The van der Waals surface area contributed by atoms with Gasteiger partial charge in [-0.3, -0.25) is 4.99 Å². The Morgan fingerprint density at radius 3 is 2.38 bits per heavy atom. The van der Waals surface area contributed by atoms with Crippen molar-refractivity contribution in [3.8, 4) is 0 Å². The highest BCUT2D eigenvalue weighted by Crippen LogP contribution is 2.38. The van der Waals surface area contributed by atoms with Crippen molar-refractivity contribution < 1.29 is 9.87 Å². The number of hydrogen-bond acceptors (Lipinski definition) is 2. The molecule has 0 saturated heterocycles. The Hall–Kier alpha value is -2.43. The Morgan fingerprint density at radius 2 is 1.65 bits per heavy atom. The van der Waals surface area contributed by atoms with E-state index in [4.69, 9.17) is 4.99 Å². The van der Waals surface area contributed by atoms with Crippen LogP contribution in [-0.4, -0.2) is 30.3 Å². The van der Waals surface area contributed by atoms with Crippen LogP contribution in [0, 0.1) is 5.82 Å². The Kier molecular flexibility index (Phi) is 6.01. The number of nitrogens with zero attached hydrogens (tertiary/aromatic N) is 2. The van der Waals surface area contributed by atoms with Crippen molar-refractivity contribution in [2.75, 3.05) is 14.1 Å². The van der Waals surface area contributed by atoms with Gasteiger partial charge in [-0.05, 0) is 28.0 Å². The van der Waals surface area contributed by atoms with Crippen LogP contribution >= 0.6 is 12.4 Å². The summed E-state index contributed by atoms with van der Waals surface area (Å²) in [6, 6.07) is 19.2. The van der Waals surface area contributed by atoms with Gasteiger partial charge in [-0.15, -0.1) is 12.4 Å². The summed E-state index contributed by atoms with van der Waals surface area (Å²) in [6.07, 6.45) is 0.776. The highest BCUT2D eigenvalue weighted by molar-refractivity contribution is 5.93. The molecule has 3 aromatic rings. The zero-order chi connectivity index (χ0) is 16.7. The van der Waals surface area contributed by atoms with E-state index in [1.54, 1.807) is 6.07 Å². The van der Waals surface area contributed by atoms with Crippen molar-refractivity contribution in [1.82, 2.24) is 4.90 Å². The van der Waals surface area contributed by atoms with Crippen LogP contribution in [0.25, 0.3) is 10.8 Å². The van der Waals surface area contributed by atoms with Crippen LogP contribution in [0.1, 0.15) is 22.7 Å². The van der Waals surface area contributed by atoms with Gasteiger partial charge in [-0.25, -0.2) is 4.39 Å². The van der Waals surface area contributed by atoms with Crippen LogP contribution in [0.3, 0.4) is 0 Å². The lowest BCUT2D eigenvalue weighted by Crippen LogP contribution is -2.29. The van der Waals surface area contributed by atoms with E-state index in [2.05, 4.69) is 24.3 Å². The van der Waals surface area contributed by atoms with Gasteiger partial charge in [-0.1, -0.05) is 54.6 Å². The second-order valence-electron chi connectivity index (χ2n) is 6.40. The van der Waals surface area contributed by atoms with Gasteiger partial charge in [0, 0.05) is 26.1 Å². The standard InChI is InChI=1S/C21H19FN2.ClH.H2O/c1-24(2)19-13-15-12-11-14-7-3-4-8-16(14)20(15)21(23-19)17-9-5-6-10-18(17)22;;/h3-12,21H,13H2,1-2H3;1H;1H2. The van der Waals surface area contributed by atoms with E-state index in [1.165, 1.54) is 17.0 Å². The van der Waals surface area contributed by atoms with Gasteiger partial charge in [0.25, 0.3) is 0 Å². The smallest absolute Gasteiger partial charge is 0.128 e. The van der Waals surface area contributed by atoms with Gasteiger partial charge in [0.15, 0.2) is 0 Å². The van der Waals surface area contributed by atoms with Gasteiger partial charge < -0.3 is 10.4 Å². The highest BCUT2D eigenvalue weighted by atomic mass is 35.5. The summed E-state index contributed by atoms with van der Waals surface area (Å²) >= 11 is 0. The molecule has 2 N–H and O–H groups in total. The summed E-state index contributed by atoms with van der Waals surface area (Å²) in [5.74, 6) is 0.774. The molecule has 0 aromatic heterocycles. The van der Waals surface area contributed by atoms with E-state index in [9.17, 15) is 4.39 Å². The van der Waals surface area contributed by atoms with Crippen molar-refractivity contribution >= 4 is 29.0 Å². The van der Waals surface area contributed by atoms with E-state index in [1.807, 2.05) is 43.3 Å². The maximum Gasteiger partial charge on any atom is 0.128 e. The number of fused-ring (bicyclic) bond motifs is 3. The summed E-state index contributed by atoms with van der Waals surface area (Å²) in [5.41, 5.74) is 2.98. The van der Waals surface area contributed by atoms with Crippen molar-refractivity contribution in [3.05, 3.63) is 83.2 Å². The fourth-order valence-electron chi connectivity index (χ4n) is 3.44. The number of amidine groups is 1. The normalized spacial score (nSPS) is 15.3. The molecule has 0 radical (unpaired) electrons. The molecule has 0 aliphatic carbocycles. The second kappa shape index (κ2) is 7.85. The molecule has 1 aliphatic heterocycles. The predicted molar refractivity (Wildman–Crippen MR) is 108 cm³/mol. The zero-order valence-corrected chi connectivity index (χ0v) is 15.6. The monoisotopic (exact) mass is 372 g/mol. The van der Waals surface area contributed by atoms with E-state index in [0.717, 1.165) is 23.2 Å². The molecule has 0 fully saturated rings. The Morgan fingerprint density at radius 1 is 0.962 bits per heavy atom. The predicted octanol–water partition coefficient (Wildman–Crippen LogP) is 4.18. The van der Waals surface area contributed by atoms with Gasteiger partial charge in [0.05, 0.1) is 0 Å². The fourth-order valence-corrected chi connectivity index (χ4v) is 3.44. The molecule has 26 heavy (non-hydrogen) atoms. The summed E-state index contributed by atoms with van der Waals surface area (Å²) in [7, 11) is 3.98. The minimum absolute atomic E-state index is 0. The lowest BCUT2D eigenvalue weighted by atomic mass is 9.86. The minimum atomic E-state index is -0.307. The van der Waals surface area contributed by atoms with Crippen LogP contribution in [0.15, 0.2) is 65.7 Å². The van der Waals surface area contributed by atoms with E-state index < -0.39 is 0 Å². The summed E-state index contributed by atoms with van der Waals surface area (Å²) in [6.45, 7) is 0. The van der Waals surface area contributed by atoms with Gasteiger partial charge >= 0.3 is 0 Å². The molecule has 136 valence electrons. The lowest BCUT2D eigenvalue weighted by Gasteiger charge is -2.29. The van der Waals surface area contributed by atoms with Crippen molar-refractivity contribution in [1.29, 1.82) is 0 Å². The van der Waals surface area contributed by atoms with Gasteiger partial charge in [0.1, 0.15) is 17.7 Å². The SMILES string of the molecule is CN(C)C1=NC(c2ccccc2F)c2c(ccc3ccccc23)C1.Cl.O. The zero-order valence-electron chi connectivity index (χ0n) is 14.7. The summed E-state index contributed by atoms with van der Waals surface area (Å²) in [5, 5.41) is 2.32. The van der Waals surface area contributed by atoms with E-state index in [-0.39, 0.29) is 29.7 Å². The van der Waals surface area contributed by atoms with Crippen molar-refractivity contribution in [3.63, 3.8) is 0 Å².